The standard InChI is InChI=1S/C12H15NO4S/c1-8(12(15)16)18-10-6-4-3-5-9(10)13-11(14)7-17-2/h3-6,8H,7H2,1-2H3,(H,13,14)(H,15,16)/t8-/m0/s1. The summed E-state index contributed by atoms with van der Waals surface area (Å²) in [7, 11) is 1.44. The van der Waals surface area contributed by atoms with Gasteiger partial charge in [0, 0.05) is 12.0 Å². The Morgan fingerprint density at radius 2 is 2.11 bits per heavy atom. The fourth-order valence-corrected chi connectivity index (χ4v) is 2.12. The SMILES string of the molecule is COCC(=O)Nc1ccccc1S[C@@H](C)C(=O)O. The molecular weight excluding hydrogens is 254 g/mol. The average molecular weight is 269 g/mol. The maximum absolute atomic E-state index is 11.4. The van der Waals surface area contributed by atoms with Crippen LogP contribution in [0.15, 0.2) is 29.2 Å². The predicted molar refractivity (Wildman–Crippen MR) is 69.9 cm³/mol. The fourth-order valence-electron chi connectivity index (χ4n) is 1.23. The molecule has 1 aromatic carbocycles. The predicted octanol–water partition coefficient (Wildman–Crippen LogP) is 1.84. The highest BCUT2D eigenvalue weighted by Gasteiger charge is 2.15. The Labute approximate surface area is 110 Å². The molecule has 1 aromatic rings. The van der Waals surface area contributed by atoms with Gasteiger partial charge in [-0.05, 0) is 19.1 Å². The highest BCUT2D eigenvalue weighted by atomic mass is 32.2. The number of aliphatic carboxylic acids is 1. The zero-order chi connectivity index (χ0) is 13.5. The lowest BCUT2D eigenvalue weighted by Gasteiger charge is -2.12. The van der Waals surface area contributed by atoms with Gasteiger partial charge in [-0.2, -0.15) is 0 Å². The van der Waals surface area contributed by atoms with Crippen molar-refractivity contribution in [2.45, 2.75) is 17.1 Å². The lowest BCUT2D eigenvalue weighted by molar-refractivity contribution is -0.136. The van der Waals surface area contributed by atoms with Crippen LogP contribution >= 0.6 is 11.8 Å². The summed E-state index contributed by atoms with van der Waals surface area (Å²) in [4.78, 5) is 23.0. The molecule has 1 amide bonds. The van der Waals surface area contributed by atoms with Crippen LogP contribution in [0.3, 0.4) is 0 Å². The molecule has 0 fully saturated rings. The van der Waals surface area contributed by atoms with Gasteiger partial charge >= 0.3 is 5.97 Å². The number of hydrogen-bond acceptors (Lipinski definition) is 4. The molecule has 5 nitrogen and oxygen atoms in total. The van der Waals surface area contributed by atoms with Crippen molar-refractivity contribution in [3.05, 3.63) is 24.3 Å². The molecule has 0 aliphatic heterocycles. The average Bonchev–Trinajstić information content (AvgIpc) is 2.31. The number of carbonyl (C=O) groups excluding carboxylic acids is 1. The van der Waals surface area contributed by atoms with Gasteiger partial charge in [0.1, 0.15) is 11.9 Å². The molecule has 0 aliphatic carbocycles. The molecule has 1 rings (SSSR count). The normalized spacial score (nSPS) is 11.9. The van der Waals surface area contributed by atoms with Crippen LogP contribution in [0, 0.1) is 0 Å². The Balaban J connectivity index is 2.79. The number of carboxylic acids is 1. The van der Waals surface area contributed by atoms with Crippen LogP contribution in [-0.4, -0.2) is 35.9 Å². The highest BCUT2D eigenvalue weighted by molar-refractivity contribution is 8.00. The van der Waals surface area contributed by atoms with Crippen molar-refractivity contribution in [1.82, 2.24) is 0 Å². The summed E-state index contributed by atoms with van der Waals surface area (Å²) in [5.74, 6) is -1.16. The Morgan fingerprint density at radius 3 is 2.72 bits per heavy atom. The van der Waals surface area contributed by atoms with Gasteiger partial charge in [0.05, 0.1) is 5.69 Å². The van der Waals surface area contributed by atoms with E-state index in [9.17, 15) is 9.59 Å². The zero-order valence-corrected chi connectivity index (χ0v) is 11.0. The van der Waals surface area contributed by atoms with E-state index in [1.807, 2.05) is 0 Å². The highest BCUT2D eigenvalue weighted by Crippen LogP contribution is 2.30. The number of amides is 1. The van der Waals surface area contributed by atoms with Gasteiger partial charge in [0.25, 0.3) is 0 Å². The summed E-state index contributed by atoms with van der Waals surface area (Å²) in [6.07, 6.45) is 0. The second kappa shape index (κ2) is 7.03. The van der Waals surface area contributed by atoms with Crippen LogP contribution in [0.5, 0.6) is 0 Å². The lowest BCUT2D eigenvalue weighted by Crippen LogP contribution is -2.18. The summed E-state index contributed by atoms with van der Waals surface area (Å²) in [6.45, 7) is 1.56. The number of para-hydroxylation sites is 1. The number of thioether (sulfide) groups is 1. The molecule has 18 heavy (non-hydrogen) atoms. The van der Waals surface area contributed by atoms with Crippen molar-refractivity contribution in [2.24, 2.45) is 0 Å². The van der Waals surface area contributed by atoms with Crippen LogP contribution in [0.2, 0.25) is 0 Å². The van der Waals surface area contributed by atoms with Crippen molar-refractivity contribution in [3.8, 4) is 0 Å². The minimum absolute atomic E-state index is 0.0342. The summed E-state index contributed by atoms with van der Waals surface area (Å²) in [5, 5.41) is 11.0. The first kappa shape index (κ1) is 14.5. The van der Waals surface area contributed by atoms with E-state index in [4.69, 9.17) is 9.84 Å². The first-order valence-corrected chi connectivity index (χ1v) is 6.20. The third-order valence-corrected chi connectivity index (χ3v) is 3.25. The largest absolute Gasteiger partial charge is 0.480 e. The van der Waals surface area contributed by atoms with E-state index in [1.165, 1.54) is 18.9 Å². The monoisotopic (exact) mass is 269 g/mol. The molecule has 1 atom stereocenters. The number of hydrogen-bond donors (Lipinski definition) is 2. The van der Waals surface area contributed by atoms with Gasteiger partial charge in [0.15, 0.2) is 0 Å². The minimum atomic E-state index is -0.891. The van der Waals surface area contributed by atoms with Gasteiger partial charge in [-0.15, -0.1) is 11.8 Å². The number of nitrogens with one attached hydrogen (secondary N) is 1. The second-order valence-corrected chi connectivity index (χ2v) is 4.96. The molecular formula is C12H15NO4S. The van der Waals surface area contributed by atoms with Gasteiger partial charge in [-0.3, -0.25) is 9.59 Å². The Hall–Kier alpha value is -1.53. The van der Waals surface area contributed by atoms with Gasteiger partial charge in [0.2, 0.25) is 5.91 Å². The number of ether oxygens (including phenoxy) is 1. The third kappa shape index (κ3) is 4.38. The van der Waals surface area contributed by atoms with Crippen LogP contribution < -0.4 is 5.32 Å². The van der Waals surface area contributed by atoms with E-state index >= 15 is 0 Å². The third-order valence-electron chi connectivity index (χ3n) is 2.09. The molecule has 0 spiro atoms. The maximum atomic E-state index is 11.4. The summed E-state index contributed by atoms with van der Waals surface area (Å²) < 4.78 is 4.72. The molecule has 0 heterocycles. The van der Waals surface area contributed by atoms with E-state index in [2.05, 4.69) is 5.32 Å². The smallest absolute Gasteiger partial charge is 0.316 e. The second-order valence-electron chi connectivity index (χ2n) is 3.58. The van der Waals surface area contributed by atoms with Gasteiger partial charge in [-0.25, -0.2) is 0 Å². The number of anilines is 1. The topological polar surface area (TPSA) is 75.6 Å². The summed E-state index contributed by atoms with van der Waals surface area (Å²) in [6, 6.07) is 7.07. The molecule has 0 unspecified atom stereocenters. The van der Waals surface area contributed by atoms with Gasteiger partial charge < -0.3 is 15.2 Å². The van der Waals surface area contributed by atoms with Crippen molar-refractivity contribution >= 4 is 29.3 Å². The summed E-state index contributed by atoms with van der Waals surface area (Å²) in [5.41, 5.74) is 0.595. The molecule has 0 saturated heterocycles. The Morgan fingerprint density at radius 1 is 1.44 bits per heavy atom. The molecule has 2 N–H and O–H groups in total. The number of rotatable bonds is 6. The van der Waals surface area contributed by atoms with Crippen molar-refractivity contribution < 1.29 is 19.4 Å². The number of carboxylic acid groups (broad SMARTS) is 1. The van der Waals surface area contributed by atoms with Crippen molar-refractivity contribution in [1.29, 1.82) is 0 Å². The van der Waals surface area contributed by atoms with Gasteiger partial charge in [-0.1, -0.05) is 12.1 Å². The molecule has 0 bridgehead atoms. The molecule has 0 saturated carbocycles. The van der Waals surface area contributed by atoms with Crippen LogP contribution in [0.1, 0.15) is 6.92 Å². The molecule has 6 heteroatoms. The molecule has 98 valence electrons. The van der Waals surface area contributed by atoms with Crippen LogP contribution in [0.4, 0.5) is 5.69 Å². The molecule has 0 aliphatic rings. The number of benzene rings is 1. The molecule has 0 aromatic heterocycles. The van der Waals surface area contributed by atoms with E-state index in [0.717, 1.165) is 4.90 Å². The van der Waals surface area contributed by atoms with Crippen LogP contribution in [0.25, 0.3) is 0 Å². The van der Waals surface area contributed by atoms with Crippen LogP contribution in [-0.2, 0) is 14.3 Å². The van der Waals surface area contributed by atoms with Crippen molar-refractivity contribution in [3.63, 3.8) is 0 Å². The van der Waals surface area contributed by atoms with Crippen molar-refractivity contribution in [2.75, 3.05) is 19.0 Å². The number of methoxy groups -OCH3 is 1. The first-order valence-electron chi connectivity index (χ1n) is 5.32. The minimum Gasteiger partial charge on any atom is -0.480 e. The zero-order valence-electron chi connectivity index (χ0n) is 10.2. The quantitative estimate of drug-likeness (QED) is 0.771. The summed E-state index contributed by atoms with van der Waals surface area (Å²) >= 11 is 1.18. The Bertz CT molecular complexity index is 436. The molecule has 0 radical (unpaired) electrons. The van der Waals surface area contributed by atoms with E-state index in [1.54, 1.807) is 31.2 Å². The van der Waals surface area contributed by atoms with E-state index < -0.39 is 11.2 Å². The maximum Gasteiger partial charge on any atom is 0.316 e. The fraction of sp³-hybridized carbons (Fsp3) is 0.333. The number of carbonyl (C=O) groups is 2. The first-order chi connectivity index (χ1) is 8.54. The van der Waals surface area contributed by atoms with E-state index in [0.29, 0.717) is 5.69 Å². The Kier molecular flexibility index (Phi) is 5.67. The van der Waals surface area contributed by atoms with E-state index in [-0.39, 0.29) is 12.5 Å². The lowest BCUT2D eigenvalue weighted by atomic mass is 10.3.